The standard InChI is InChI=1S/C17H27F3N4O3S/c1-12-14(22-21)9-13(27-17(19,20)10-18)5-6-15(12)23-7-8-24(28(4,25)26)16(2,3)11-23/h5-6,9,13,22H,7-8,10-11,21H2,1-4H3. The van der Waals surface area contributed by atoms with Crippen molar-refractivity contribution in [2.75, 3.05) is 32.6 Å². The highest BCUT2D eigenvalue weighted by molar-refractivity contribution is 7.88. The number of alkyl halides is 3. The Hall–Kier alpha value is -1.56. The lowest BCUT2D eigenvalue weighted by Gasteiger charge is -2.47. The molecule has 1 aliphatic carbocycles. The average molecular weight is 424 g/mol. The van der Waals surface area contributed by atoms with Crippen LogP contribution in [0, 0.1) is 0 Å². The first-order chi connectivity index (χ1) is 12.8. The van der Waals surface area contributed by atoms with E-state index in [0.717, 1.165) is 0 Å². The zero-order chi connectivity index (χ0) is 21.3. The first-order valence-electron chi connectivity index (χ1n) is 8.73. The molecule has 11 heteroatoms. The van der Waals surface area contributed by atoms with Crippen LogP contribution in [0.5, 0.6) is 0 Å². The second-order valence-electron chi connectivity index (χ2n) is 7.52. The van der Waals surface area contributed by atoms with E-state index in [0.29, 0.717) is 30.1 Å². The Kier molecular flexibility index (Phi) is 6.54. The Balaban J connectivity index is 2.32. The van der Waals surface area contributed by atoms with Gasteiger partial charge in [-0.2, -0.15) is 13.1 Å². The van der Waals surface area contributed by atoms with Gasteiger partial charge in [0.1, 0.15) is 6.10 Å². The maximum atomic E-state index is 13.3. The van der Waals surface area contributed by atoms with Crippen molar-refractivity contribution in [3.8, 4) is 0 Å². The van der Waals surface area contributed by atoms with Gasteiger partial charge in [0.05, 0.1) is 12.0 Å². The van der Waals surface area contributed by atoms with Gasteiger partial charge in [-0.05, 0) is 44.6 Å². The van der Waals surface area contributed by atoms with E-state index in [2.05, 4.69) is 10.2 Å². The molecule has 1 unspecified atom stereocenters. The molecule has 0 amide bonds. The number of halogens is 3. The highest BCUT2D eigenvalue weighted by Crippen LogP contribution is 2.30. The van der Waals surface area contributed by atoms with Crippen LogP contribution in [0.1, 0.15) is 20.8 Å². The fraction of sp³-hybridized carbons (Fsp3) is 0.647. The van der Waals surface area contributed by atoms with E-state index in [9.17, 15) is 21.6 Å². The Morgan fingerprint density at radius 1 is 1.39 bits per heavy atom. The van der Waals surface area contributed by atoms with E-state index >= 15 is 0 Å². The van der Waals surface area contributed by atoms with Gasteiger partial charge in [0.15, 0.2) is 6.67 Å². The largest absolute Gasteiger partial charge is 0.384 e. The molecule has 1 fully saturated rings. The van der Waals surface area contributed by atoms with Gasteiger partial charge in [-0.3, -0.25) is 5.84 Å². The van der Waals surface area contributed by atoms with E-state index in [4.69, 9.17) is 5.84 Å². The van der Waals surface area contributed by atoms with E-state index in [-0.39, 0.29) is 6.54 Å². The number of rotatable bonds is 6. The summed E-state index contributed by atoms with van der Waals surface area (Å²) in [7, 11) is -3.37. The summed E-state index contributed by atoms with van der Waals surface area (Å²) in [6, 6.07) is 0. The predicted octanol–water partition coefficient (Wildman–Crippen LogP) is 1.48. The second kappa shape index (κ2) is 8.05. The summed E-state index contributed by atoms with van der Waals surface area (Å²) in [4.78, 5) is 1.97. The van der Waals surface area contributed by atoms with Crippen molar-refractivity contribution in [1.29, 1.82) is 0 Å². The number of nitrogens with one attached hydrogen (secondary N) is 1. The molecule has 0 bridgehead atoms. The minimum Gasteiger partial charge on any atom is -0.368 e. The number of allylic oxidation sites excluding steroid dienone is 2. The number of ether oxygens (including phenoxy) is 1. The quantitative estimate of drug-likeness (QED) is 0.496. The number of sulfonamides is 1. The summed E-state index contributed by atoms with van der Waals surface area (Å²) in [5.74, 6) is 5.54. The molecule has 1 aliphatic heterocycles. The van der Waals surface area contributed by atoms with Crippen molar-refractivity contribution in [1.82, 2.24) is 14.6 Å². The van der Waals surface area contributed by atoms with Gasteiger partial charge in [-0.1, -0.05) is 0 Å². The Bertz CT molecular complexity index is 793. The molecule has 2 rings (SSSR count). The van der Waals surface area contributed by atoms with Gasteiger partial charge in [0, 0.05) is 30.9 Å². The molecule has 3 N–H and O–H groups in total. The molecule has 0 radical (unpaired) electrons. The smallest absolute Gasteiger partial charge is 0.368 e. The number of piperazine rings is 1. The zero-order valence-electron chi connectivity index (χ0n) is 16.4. The lowest BCUT2D eigenvalue weighted by Crippen LogP contribution is -2.60. The van der Waals surface area contributed by atoms with Crippen molar-refractivity contribution < 1.29 is 26.3 Å². The second-order valence-corrected chi connectivity index (χ2v) is 9.42. The normalized spacial score (nSPS) is 24.2. The summed E-state index contributed by atoms with van der Waals surface area (Å²) in [6.45, 7) is 4.56. The fourth-order valence-corrected chi connectivity index (χ4v) is 4.92. The molecule has 1 heterocycles. The van der Waals surface area contributed by atoms with E-state index in [1.165, 1.54) is 22.7 Å². The number of hydrazine groups is 1. The van der Waals surface area contributed by atoms with Crippen LogP contribution < -0.4 is 11.3 Å². The van der Waals surface area contributed by atoms with Crippen molar-refractivity contribution in [2.24, 2.45) is 5.84 Å². The highest BCUT2D eigenvalue weighted by atomic mass is 32.2. The summed E-state index contributed by atoms with van der Waals surface area (Å²) in [5, 5.41) is 0. The zero-order valence-corrected chi connectivity index (χ0v) is 17.2. The van der Waals surface area contributed by atoms with Crippen LogP contribution in [-0.2, 0) is 14.8 Å². The molecule has 0 aromatic carbocycles. The van der Waals surface area contributed by atoms with Crippen molar-refractivity contribution in [2.45, 2.75) is 38.5 Å². The molecule has 1 atom stereocenters. The van der Waals surface area contributed by atoms with Gasteiger partial charge < -0.3 is 15.1 Å². The van der Waals surface area contributed by atoms with Crippen LogP contribution in [0.2, 0.25) is 0 Å². The summed E-state index contributed by atoms with van der Waals surface area (Å²) in [5.41, 5.74) is 3.53. The van der Waals surface area contributed by atoms with Crippen LogP contribution in [0.4, 0.5) is 13.2 Å². The molecule has 7 nitrogen and oxygen atoms in total. The van der Waals surface area contributed by atoms with Crippen LogP contribution in [0.25, 0.3) is 0 Å². The first-order valence-corrected chi connectivity index (χ1v) is 10.6. The molecular weight excluding hydrogens is 397 g/mol. The van der Waals surface area contributed by atoms with E-state index in [1.807, 2.05) is 18.7 Å². The third-order valence-corrected chi connectivity index (χ3v) is 6.23. The van der Waals surface area contributed by atoms with E-state index in [1.54, 1.807) is 13.0 Å². The number of nitrogens with zero attached hydrogens (tertiary/aromatic N) is 2. The molecule has 0 spiro atoms. The van der Waals surface area contributed by atoms with Gasteiger partial charge in [0.25, 0.3) is 0 Å². The minimum absolute atomic E-state index is 0.283. The van der Waals surface area contributed by atoms with Gasteiger partial charge in [-0.25, -0.2) is 12.8 Å². The monoisotopic (exact) mass is 424 g/mol. The van der Waals surface area contributed by atoms with Crippen LogP contribution in [-0.4, -0.2) is 67.9 Å². The molecule has 2 aliphatic rings. The average Bonchev–Trinajstić information content (AvgIpc) is 2.71. The van der Waals surface area contributed by atoms with Crippen LogP contribution in [0.3, 0.4) is 0 Å². The predicted molar refractivity (Wildman–Crippen MR) is 100 cm³/mol. The number of hydrogen-bond acceptors (Lipinski definition) is 6. The fourth-order valence-electron chi connectivity index (χ4n) is 3.56. The lowest BCUT2D eigenvalue weighted by molar-refractivity contribution is -0.253. The first kappa shape index (κ1) is 22.7. The topological polar surface area (TPSA) is 87.9 Å². The molecule has 0 saturated carbocycles. The van der Waals surface area contributed by atoms with Gasteiger partial charge >= 0.3 is 6.11 Å². The molecular formula is C17H27F3N4O3S. The molecule has 28 heavy (non-hydrogen) atoms. The van der Waals surface area contributed by atoms with Crippen molar-refractivity contribution in [3.63, 3.8) is 0 Å². The van der Waals surface area contributed by atoms with Gasteiger partial charge in [0.2, 0.25) is 10.0 Å². The lowest BCUT2D eigenvalue weighted by atomic mass is 10.0. The van der Waals surface area contributed by atoms with E-state index < -0.39 is 34.4 Å². The van der Waals surface area contributed by atoms with Crippen LogP contribution in [0.15, 0.2) is 35.2 Å². The third-order valence-electron chi connectivity index (χ3n) is 4.75. The SMILES string of the molecule is CC1=C(N2CCN(S(C)(=O)=O)C(C)(C)C2)C=CC(OC(F)(F)CF)C=C1NN. The van der Waals surface area contributed by atoms with Crippen LogP contribution >= 0.6 is 0 Å². The molecule has 0 aromatic rings. The Morgan fingerprint density at radius 3 is 2.54 bits per heavy atom. The Labute approximate surface area is 163 Å². The number of nitrogens with two attached hydrogens (primary N) is 1. The summed E-state index contributed by atoms with van der Waals surface area (Å²) in [6.07, 6.45) is 0.429. The Morgan fingerprint density at radius 2 is 2.04 bits per heavy atom. The van der Waals surface area contributed by atoms with Crippen molar-refractivity contribution in [3.05, 3.63) is 35.2 Å². The third kappa shape index (κ3) is 5.07. The minimum atomic E-state index is -3.91. The maximum absolute atomic E-state index is 13.3. The summed E-state index contributed by atoms with van der Waals surface area (Å²) < 4.78 is 69.1. The molecule has 1 saturated heterocycles. The molecule has 0 aromatic heterocycles. The van der Waals surface area contributed by atoms with Crippen molar-refractivity contribution >= 4 is 10.0 Å². The molecule has 160 valence electrons. The number of hydrogen-bond donors (Lipinski definition) is 2. The highest BCUT2D eigenvalue weighted by Gasteiger charge is 2.40. The maximum Gasteiger partial charge on any atom is 0.384 e. The van der Waals surface area contributed by atoms with Gasteiger partial charge in [-0.15, -0.1) is 0 Å². The summed E-state index contributed by atoms with van der Waals surface area (Å²) >= 11 is 0.